The summed E-state index contributed by atoms with van der Waals surface area (Å²) in [4.78, 5) is 0. The van der Waals surface area contributed by atoms with E-state index in [1.165, 1.54) is 6.07 Å². The second-order valence-electron chi connectivity index (χ2n) is 4.09. The first-order valence-corrected chi connectivity index (χ1v) is 5.92. The maximum absolute atomic E-state index is 13.6. The molecule has 2 N–H and O–H groups in total. The molecule has 0 saturated carbocycles. The minimum absolute atomic E-state index is 0.0773. The van der Waals surface area contributed by atoms with Crippen LogP contribution in [-0.2, 0) is 6.54 Å². The number of nitrogens with one attached hydrogen (secondary N) is 1. The highest BCUT2D eigenvalue weighted by molar-refractivity contribution is 6.31. The second kappa shape index (κ2) is 5.27. The zero-order chi connectivity index (χ0) is 13.1. The molecular weight excluding hydrogens is 253 g/mol. The molecule has 0 aromatic heterocycles. The summed E-state index contributed by atoms with van der Waals surface area (Å²) >= 11 is 5.69. The average Bonchev–Trinajstić information content (AvgIpc) is 2.35. The van der Waals surface area contributed by atoms with Crippen molar-refractivity contribution in [1.29, 1.82) is 0 Å². The Morgan fingerprint density at radius 2 is 2.06 bits per heavy atom. The minimum Gasteiger partial charge on any atom is -0.508 e. The first kappa shape index (κ1) is 12.7. The van der Waals surface area contributed by atoms with Gasteiger partial charge in [0.05, 0.1) is 10.7 Å². The monoisotopic (exact) mass is 265 g/mol. The quantitative estimate of drug-likeness (QED) is 0.875. The first-order valence-electron chi connectivity index (χ1n) is 5.54. The topological polar surface area (TPSA) is 32.3 Å². The van der Waals surface area contributed by atoms with Gasteiger partial charge in [-0.3, -0.25) is 0 Å². The molecule has 2 aromatic rings. The van der Waals surface area contributed by atoms with Crippen LogP contribution in [0.25, 0.3) is 0 Å². The highest BCUT2D eigenvalue weighted by Crippen LogP contribution is 2.24. The standard InChI is InChI=1S/C14H13ClFNO/c1-9-5-6-13(18)10(7-9)8-17-12-4-2-3-11(15)14(12)16/h2-7,17-18H,8H2,1H3. The second-order valence-corrected chi connectivity index (χ2v) is 4.49. The van der Waals surface area contributed by atoms with Gasteiger partial charge in [-0.1, -0.05) is 35.4 Å². The van der Waals surface area contributed by atoms with Crippen LogP contribution < -0.4 is 5.32 Å². The van der Waals surface area contributed by atoms with Crippen molar-refractivity contribution in [2.75, 3.05) is 5.32 Å². The van der Waals surface area contributed by atoms with Crippen molar-refractivity contribution in [3.05, 3.63) is 58.4 Å². The van der Waals surface area contributed by atoms with Gasteiger partial charge in [-0.15, -0.1) is 0 Å². The Labute approximate surface area is 110 Å². The molecule has 0 aliphatic carbocycles. The molecule has 0 bridgehead atoms. The molecule has 0 radical (unpaired) electrons. The van der Waals surface area contributed by atoms with E-state index in [0.717, 1.165) is 11.1 Å². The van der Waals surface area contributed by atoms with Crippen LogP contribution in [0, 0.1) is 12.7 Å². The number of hydrogen-bond donors (Lipinski definition) is 2. The number of phenols is 1. The Hall–Kier alpha value is -1.74. The Morgan fingerprint density at radius 1 is 1.28 bits per heavy atom. The molecule has 0 fully saturated rings. The van der Waals surface area contributed by atoms with E-state index in [1.54, 1.807) is 18.2 Å². The van der Waals surface area contributed by atoms with E-state index >= 15 is 0 Å². The zero-order valence-corrected chi connectivity index (χ0v) is 10.6. The number of aryl methyl sites for hydroxylation is 1. The van der Waals surface area contributed by atoms with Crippen molar-refractivity contribution < 1.29 is 9.50 Å². The fourth-order valence-electron chi connectivity index (χ4n) is 1.69. The third-order valence-electron chi connectivity index (χ3n) is 2.66. The first-order chi connectivity index (χ1) is 8.58. The average molecular weight is 266 g/mol. The van der Waals surface area contributed by atoms with E-state index in [9.17, 15) is 9.50 Å². The SMILES string of the molecule is Cc1ccc(O)c(CNc2cccc(Cl)c2F)c1. The molecule has 0 atom stereocenters. The third kappa shape index (κ3) is 2.74. The van der Waals surface area contributed by atoms with Crippen LogP contribution in [0.2, 0.25) is 5.02 Å². The minimum atomic E-state index is -0.480. The molecule has 2 rings (SSSR count). The molecule has 0 heterocycles. The molecule has 94 valence electrons. The summed E-state index contributed by atoms with van der Waals surface area (Å²) in [5.74, 6) is -0.290. The van der Waals surface area contributed by atoms with Gasteiger partial charge in [0, 0.05) is 12.1 Å². The summed E-state index contributed by atoms with van der Waals surface area (Å²) in [6, 6.07) is 10.1. The largest absolute Gasteiger partial charge is 0.508 e. The molecule has 2 nitrogen and oxygen atoms in total. The van der Waals surface area contributed by atoms with Gasteiger partial charge in [-0.05, 0) is 25.1 Å². The molecule has 4 heteroatoms. The van der Waals surface area contributed by atoms with E-state index in [0.29, 0.717) is 12.2 Å². The van der Waals surface area contributed by atoms with Gasteiger partial charge in [-0.25, -0.2) is 4.39 Å². The number of benzene rings is 2. The predicted octanol–water partition coefficient (Wildman–Crippen LogP) is 4.11. The van der Waals surface area contributed by atoms with E-state index in [2.05, 4.69) is 5.32 Å². The lowest BCUT2D eigenvalue weighted by molar-refractivity contribution is 0.469. The fraction of sp³-hybridized carbons (Fsp3) is 0.143. The Kier molecular flexibility index (Phi) is 3.72. The van der Waals surface area contributed by atoms with Gasteiger partial charge in [-0.2, -0.15) is 0 Å². The summed E-state index contributed by atoms with van der Waals surface area (Å²) in [6.07, 6.45) is 0. The molecule has 0 saturated heterocycles. The highest BCUT2D eigenvalue weighted by atomic mass is 35.5. The van der Waals surface area contributed by atoms with Gasteiger partial charge >= 0.3 is 0 Å². The van der Waals surface area contributed by atoms with Crippen molar-refractivity contribution in [1.82, 2.24) is 0 Å². The Morgan fingerprint density at radius 3 is 2.83 bits per heavy atom. The Bertz CT molecular complexity index is 570. The van der Waals surface area contributed by atoms with Crippen LogP contribution in [0.1, 0.15) is 11.1 Å². The number of phenolic OH excluding ortho intramolecular Hbond substituents is 1. The summed E-state index contributed by atoms with van der Waals surface area (Å²) in [7, 11) is 0. The molecule has 0 spiro atoms. The highest BCUT2D eigenvalue weighted by Gasteiger charge is 2.07. The number of anilines is 1. The van der Waals surface area contributed by atoms with Crippen molar-refractivity contribution in [3.8, 4) is 5.75 Å². The van der Waals surface area contributed by atoms with Crippen molar-refractivity contribution in [2.24, 2.45) is 0 Å². The van der Waals surface area contributed by atoms with Crippen molar-refractivity contribution in [3.63, 3.8) is 0 Å². The fourth-order valence-corrected chi connectivity index (χ4v) is 1.86. The van der Waals surface area contributed by atoms with Crippen LogP contribution >= 0.6 is 11.6 Å². The normalized spacial score (nSPS) is 10.4. The van der Waals surface area contributed by atoms with Crippen LogP contribution in [0.15, 0.2) is 36.4 Å². The van der Waals surface area contributed by atoms with E-state index < -0.39 is 5.82 Å². The van der Waals surface area contributed by atoms with Crippen molar-refractivity contribution in [2.45, 2.75) is 13.5 Å². The lowest BCUT2D eigenvalue weighted by Gasteiger charge is -2.10. The molecule has 0 aliphatic heterocycles. The number of hydrogen-bond acceptors (Lipinski definition) is 2. The van der Waals surface area contributed by atoms with Gasteiger partial charge in [0.15, 0.2) is 5.82 Å². The predicted molar refractivity (Wildman–Crippen MR) is 71.6 cm³/mol. The van der Waals surface area contributed by atoms with Gasteiger partial charge in [0.1, 0.15) is 5.75 Å². The maximum Gasteiger partial charge on any atom is 0.164 e. The molecule has 18 heavy (non-hydrogen) atoms. The van der Waals surface area contributed by atoms with Crippen LogP contribution in [0.4, 0.5) is 10.1 Å². The summed E-state index contributed by atoms with van der Waals surface area (Å²) < 4.78 is 13.6. The van der Waals surface area contributed by atoms with Crippen LogP contribution in [0.5, 0.6) is 5.75 Å². The zero-order valence-electron chi connectivity index (χ0n) is 9.87. The number of aromatic hydroxyl groups is 1. The molecular formula is C14H13ClFNO. The van der Waals surface area contributed by atoms with E-state index in [-0.39, 0.29) is 10.8 Å². The smallest absolute Gasteiger partial charge is 0.164 e. The van der Waals surface area contributed by atoms with Gasteiger partial charge < -0.3 is 10.4 Å². The molecule has 0 amide bonds. The molecule has 0 unspecified atom stereocenters. The lowest BCUT2D eigenvalue weighted by Crippen LogP contribution is -2.02. The summed E-state index contributed by atoms with van der Waals surface area (Å²) in [5, 5.41) is 12.7. The molecule has 2 aromatic carbocycles. The number of halogens is 2. The van der Waals surface area contributed by atoms with Gasteiger partial charge in [0.25, 0.3) is 0 Å². The lowest BCUT2D eigenvalue weighted by atomic mass is 10.1. The van der Waals surface area contributed by atoms with E-state index in [1.807, 2.05) is 19.1 Å². The Balaban J connectivity index is 2.16. The van der Waals surface area contributed by atoms with Gasteiger partial charge in [0.2, 0.25) is 0 Å². The van der Waals surface area contributed by atoms with Crippen LogP contribution in [-0.4, -0.2) is 5.11 Å². The summed E-state index contributed by atoms with van der Waals surface area (Å²) in [5.41, 5.74) is 2.08. The van der Waals surface area contributed by atoms with Crippen LogP contribution in [0.3, 0.4) is 0 Å². The third-order valence-corrected chi connectivity index (χ3v) is 2.95. The molecule has 0 aliphatic rings. The summed E-state index contributed by atoms with van der Waals surface area (Å²) in [6.45, 7) is 2.27. The van der Waals surface area contributed by atoms with E-state index in [4.69, 9.17) is 11.6 Å². The number of rotatable bonds is 3. The maximum atomic E-state index is 13.6. The van der Waals surface area contributed by atoms with Crippen molar-refractivity contribution >= 4 is 17.3 Å².